The first-order valence-electron chi connectivity index (χ1n) is 11.6. The van der Waals surface area contributed by atoms with E-state index in [4.69, 9.17) is 48.4 Å². The standard InChI is InChI=1S/C26H26Cl2N4O3/c1-3-34-25(33)22-24(30-15(2)21(31-22)17-8-6-9-18(27)20(17)28)32-13-11-26(12-14-32)23(29)16-7-4-5-10-19(16)35-26/h4-10,23H,3,11-14,29H2,1-2H3/t23-/m1/s1. The van der Waals surface area contributed by atoms with Gasteiger partial charge >= 0.3 is 5.97 Å². The Balaban J connectivity index is 1.48. The molecule has 0 radical (unpaired) electrons. The molecule has 1 saturated heterocycles. The lowest BCUT2D eigenvalue weighted by molar-refractivity contribution is 0.0428. The summed E-state index contributed by atoms with van der Waals surface area (Å²) < 4.78 is 11.7. The maximum atomic E-state index is 13.0. The number of benzene rings is 2. The van der Waals surface area contributed by atoms with Crippen molar-refractivity contribution < 1.29 is 14.3 Å². The molecule has 2 N–H and O–H groups in total. The summed E-state index contributed by atoms with van der Waals surface area (Å²) >= 11 is 12.7. The van der Waals surface area contributed by atoms with Crippen molar-refractivity contribution >= 4 is 35.0 Å². The number of halogens is 2. The van der Waals surface area contributed by atoms with Gasteiger partial charge in [0.1, 0.15) is 11.4 Å². The lowest BCUT2D eigenvalue weighted by atomic mass is 9.83. The summed E-state index contributed by atoms with van der Waals surface area (Å²) in [5, 5.41) is 0.767. The zero-order chi connectivity index (χ0) is 24.7. The third kappa shape index (κ3) is 4.11. The highest BCUT2D eigenvalue weighted by Gasteiger charge is 2.48. The Morgan fingerprint density at radius 3 is 2.63 bits per heavy atom. The van der Waals surface area contributed by atoms with Crippen molar-refractivity contribution in [2.75, 3.05) is 24.6 Å². The first kappa shape index (κ1) is 23.9. The summed E-state index contributed by atoms with van der Waals surface area (Å²) in [6.45, 7) is 5.05. The summed E-state index contributed by atoms with van der Waals surface area (Å²) in [5.74, 6) is 0.803. The summed E-state index contributed by atoms with van der Waals surface area (Å²) in [7, 11) is 0. The van der Waals surface area contributed by atoms with E-state index in [0.717, 1.165) is 11.3 Å². The summed E-state index contributed by atoms with van der Waals surface area (Å²) in [6, 6.07) is 13.0. The number of hydrogen-bond donors (Lipinski definition) is 1. The minimum absolute atomic E-state index is 0.152. The highest BCUT2D eigenvalue weighted by atomic mass is 35.5. The van der Waals surface area contributed by atoms with Crippen LogP contribution in [0.4, 0.5) is 5.82 Å². The van der Waals surface area contributed by atoms with Gasteiger partial charge in [0, 0.05) is 37.1 Å². The van der Waals surface area contributed by atoms with E-state index < -0.39 is 11.6 Å². The van der Waals surface area contributed by atoms with Crippen LogP contribution in [0.2, 0.25) is 10.0 Å². The van der Waals surface area contributed by atoms with Crippen LogP contribution in [0.25, 0.3) is 11.3 Å². The molecule has 1 aromatic heterocycles. The number of aromatic nitrogens is 2. The molecular weight excluding hydrogens is 487 g/mol. The maximum Gasteiger partial charge on any atom is 0.360 e. The Morgan fingerprint density at radius 2 is 1.91 bits per heavy atom. The number of carbonyl (C=O) groups is 1. The number of para-hydroxylation sites is 1. The van der Waals surface area contributed by atoms with E-state index in [9.17, 15) is 4.79 Å². The number of carbonyl (C=O) groups excluding carboxylic acids is 1. The Hall–Kier alpha value is -2.87. The average molecular weight is 513 g/mol. The van der Waals surface area contributed by atoms with Crippen molar-refractivity contribution in [3.63, 3.8) is 0 Å². The highest BCUT2D eigenvalue weighted by Crippen LogP contribution is 2.47. The van der Waals surface area contributed by atoms with Crippen molar-refractivity contribution in [1.29, 1.82) is 0 Å². The largest absolute Gasteiger partial charge is 0.485 e. The van der Waals surface area contributed by atoms with Gasteiger partial charge in [0.25, 0.3) is 0 Å². The molecule has 2 aliphatic heterocycles. The number of fused-ring (bicyclic) bond motifs is 1. The molecule has 3 aromatic rings. The average Bonchev–Trinajstić information content (AvgIpc) is 3.12. The molecule has 2 aromatic carbocycles. The first-order chi connectivity index (χ1) is 16.8. The normalized spacial score (nSPS) is 18.3. The summed E-state index contributed by atoms with van der Waals surface area (Å²) in [5.41, 5.74) is 9.08. The number of nitrogens with two attached hydrogens (primary N) is 1. The number of nitrogens with zero attached hydrogens (tertiary/aromatic N) is 3. The molecule has 0 aliphatic carbocycles. The minimum Gasteiger partial charge on any atom is -0.485 e. The van der Waals surface area contributed by atoms with Crippen LogP contribution in [-0.2, 0) is 4.74 Å². The van der Waals surface area contributed by atoms with Crippen LogP contribution >= 0.6 is 23.2 Å². The Kier molecular flexibility index (Phi) is 6.34. The molecule has 1 spiro atoms. The topological polar surface area (TPSA) is 90.6 Å². The van der Waals surface area contributed by atoms with Crippen LogP contribution in [0.3, 0.4) is 0 Å². The van der Waals surface area contributed by atoms with E-state index in [1.807, 2.05) is 31.2 Å². The number of esters is 1. The van der Waals surface area contributed by atoms with Gasteiger partial charge in [0.05, 0.1) is 34.1 Å². The van der Waals surface area contributed by atoms with E-state index in [2.05, 4.69) is 4.90 Å². The Labute approximate surface area is 214 Å². The lowest BCUT2D eigenvalue weighted by Crippen LogP contribution is -2.52. The fourth-order valence-electron chi connectivity index (χ4n) is 4.91. The van der Waals surface area contributed by atoms with E-state index in [1.54, 1.807) is 25.1 Å². The van der Waals surface area contributed by atoms with E-state index in [0.29, 0.717) is 58.7 Å². The molecule has 2 aliphatic rings. The molecular formula is C26H26Cl2N4O3. The van der Waals surface area contributed by atoms with Gasteiger partial charge in [-0.25, -0.2) is 14.8 Å². The quantitative estimate of drug-likeness (QED) is 0.470. The van der Waals surface area contributed by atoms with E-state index in [-0.39, 0.29) is 18.3 Å². The number of piperidine rings is 1. The molecule has 0 saturated carbocycles. The molecule has 5 rings (SSSR count). The zero-order valence-electron chi connectivity index (χ0n) is 19.6. The summed E-state index contributed by atoms with van der Waals surface area (Å²) in [4.78, 5) is 24.5. The van der Waals surface area contributed by atoms with E-state index in [1.165, 1.54) is 0 Å². The number of ether oxygens (including phenoxy) is 2. The molecule has 1 atom stereocenters. The molecule has 7 nitrogen and oxygen atoms in total. The van der Waals surface area contributed by atoms with Crippen LogP contribution in [0.1, 0.15) is 47.6 Å². The second-order valence-electron chi connectivity index (χ2n) is 8.82. The van der Waals surface area contributed by atoms with Gasteiger partial charge in [0.2, 0.25) is 0 Å². The van der Waals surface area contributed by atoms with Gasteiger partial charge in [-0.15, -0.1) is 0 Å². The number of hydrogen-bond acceptors (Lipinski definition) is 7. The van der Waals surface area contributed by atoms with E-state index >= 15 is 0 Å². The second-order valence-corrected chi connectivity index (χ2v) is 9.61. The summed E-state index contributed by atoms with van der Waals surface area (Å²) in [6.07, 6.45) is 1.38. The molecule has 3 heterocycles. The van der Waals surface area contributed by atoms with Gasteiger partial charge in [0.15, 0.2) is 11.5 Å². The first-order valence-corrected chi connectivity index (χ1v) is 12.4. The molecule has 0 unspecified atom stereocenters. The molecule has 1 fully saturated rings. The molecule has 0 amide bonds. The predicted octanol–water partition coefficient (Wildman–Crippen LogP) is 5.37. The SMILES string of the molecule is CCOC(=O)c1nc(-c2cccc(Cl)c2Cl)c(C)nc1N1CCC2(CC1)Oc1ccccc1[C@H]2N. The van der Waals surface area contributed by atoms with Crippen molar-refractivity contribution in [3.05, 3.63) is 69.5 Å². The Bertz CT molecular complexity index is 1290. The molecule has 35 heavy (non-hydrogen) atoms. The smallest absolute Gasteiger partial charge is 0.360 e. The Morgan fingerprint density at radius 1 is 1.17 bits per heavy atom. The number of aryl methyl sites for hydroxylation is 1. The molecule has 0 bridgehead atoms. The molecule has 9 heteroatoms. The van der Waals surface area contributed by atoms with Crippen molar-refractivity contribution in [2.24, 2.45) is 5.73 Å². The number of anilines is 1. The fraction of sp³-hybridized carbons (Fsp3) is 0.346. The predicted molar refractivity (Wildman–Crippen MR) is 136 cm³/mol. The van der Waals surface area contributed by atoms with Crippen LogP contribution in [0.15, 0.2) is 42.5 Å². The van der Waals surface area contributed by atoms with Crippen LogP contribution in [0, 0.1) is 6.92 Å². The van der Waals surface area contributed by atoms with Gasteiger partial charge in [-0.05, 0) is 26.0 Å². The monoisotopic (exact) mass is 512 g/mol. The van der Waals surface area contributed by atoms with Crippen LogP contribution < -0.4 is 15.4 Å². The van der Waals surface area contributed by atoms with Gasteiger partial charge < -0.3 is 20.1 Å². The highest BCUT2D eigenvalue weighted by molar-refractivity contribution is 6.43. The third-order valence-corrected chi connectivity index (χ3v) is 7.59. The van der Waals surface area contributed by atoms with Crippen molar-refractivity contribution in [2.45, 2.75) is 38.3 Å². The van der Waals surface area contributed by atoms with Crippen LogP contribution in [0.5, 0.6) is 5.75 Å². The van der Waals surface area contributed by atoms with Crippen molar-refractivity contribution in [3.8, 4) is 17.0 Å². The minimum atomic E-state index is -0.532. The zero-order valence-corrected chi connectivity index (χ0v) is 21.1. The fourth-order valence-corrected chi connectivity index (χ4v) is 5.30. The van der Waals surface area contributed by atoms with Crippen LogP contribution in [-0.4, -0.2) is 41.2 Å². The van der Waals surface area contributed by atoms with Gasteiger partial charge in [-0.1, -0.05) is 53.5 Å². The van der Waals surface area contributed by atoms with Crippen molar-refractivity contribution in [1.82, 2.24) is 9.97 Å². The van der Waals surface area contributed by atoms with Gasteiger partial charge in [-0.3, -0.25) is 0 Å². The van der Waals surface area contributed by atoms with Gasteiger partial charge in [-0.2, -0.15) is 0 Å². The third-order valence-electron chi connectivity index (χ3n) is 6.77. The lowest BCUT2D eigenvalue weighted by Gasteiger charge is -2.41. The number of rotatable bonds is 4. The molecule has 182 valence electrons. The second kappa shape index (κ2) is 9.30. The maximum absolute atomic E-state index is 13.0.